The van der Waals surface area contributed by atoms with E-state index in [4.69, 9.17) is 23.7 Å². The van der Waals surface area contributed by atoms with Crippen LogP contribution in [0.25, 0.3) is 11.1 Å². The third-order valence-corrected chi connectivity index (χ3v) is 6.41. The first-order valence-corrected chi connectivity index (χ1v) is 11.7. The Morgan fingerprint density at radius 1 is 0.971 bits per heavy atom. The molecule has 0 atom stereocenters. The van der Waals surface area contributed by atoms with Crippen molar-refractivity contribution in [1.29, 1.82) is 0 Å². The average Bonchev–Trinajstić information content (AvgIpc) is 3.23. The molecule has 0 aromatic heterocycles. The van der Waals surface area contributed by atoms with Crippen molar-refractivity contribution in [2.75, 3.05) is 20.8 Å². The molecule has 1 aliphatic heterocycles. The third kappa shape index (κ3) is 4.83. The number of hydrogen-bond acceptors (Lipinski definition) is 7. The van der Waals surface area contributed by atoms with Crippen LogP contribution in [0.3, 0.4) is 0 Å². The van der Waals surface area contributed by atoms with E-state index in [9.17, 15) is 9.59 Å². The number of hydrogen-bond donors (Lipinski definition) is 0. The number of cyclic esters (lactones) is 1. The van der Waals surface area contributed by atoms with Crippen molar-refractivity contribution in [2.24, 2.45) is 5.92 Å². The monoisotopic (exact) mass is 468 g/mol. The van der Waals surface area contributed by atoms with E-state index < -0.39 is 5.60 Å². The summed E-state index contributed by atoms with van der Waals surface area (Å²) >= 11 is 0. The van der Waals surface area contributed by atoms with E-state index in [0.29, 0.717) is 22.8 Å². The zero-order valence-electron chi connectivity index (χ0n) is 20.3. The summed E-state index contributed by atoms with van der Waals surface area (Å²) in [5, 5.41) is 0. The lowest BCUT2D eigenvalue weighted by molar-refractivity contribution is -0.165. The molecule has 2 aromatic carbocycles. The van der Waals surface area contributed by atoms with Gasteiger partial charge in [0.2, 0.25) is 5.75 Å². The van der Waals surface area contributed by atoms with Gasteiger partial charge in [-0.2, -0.15) is 0 Å². The molecule has 1 fully saturated rings. The van der Waals surface area contributed by atoms with Gasteiger partial charge in [0.25, 0.3) is 0 Å². The highest BCUT2D eigenvalue weighted by Gasteiger charge is 2.32. The molecule has 182 valence electrons. The van der Waals surface area contributed by atoms with Crippen LogP contribution in [-0.2, 0) is 20.9 Å². The maximum Gasteiger partial charge on any atom is 0.338 e. The second-order valence-electron chi connectivity index (χ2n) is 9.39. The first-order valence-electron chi connectivity index (χ1n) is 11.7. The molecule has 0 amide bonds. The summed E-state index contributed by atoms with van der Waals surface area (Å²) in [6.07, 6.45) is 5.06. The Hall–Kier alpha value is -3.22. The van der Waals surface area contributed by atoms with Gasteiger partial charge in [-0.05, 0) is 50.5 Å². The Bertz CT molecular complexity index is 1070. The van der Waals surface area contributed by atoms with Gasteiger partial charge in [0.1, 0.15) is 18.8 Å². The number of fused-ring (bicyclic) bond motifs is 1. The van der Waals surface area contributed by atoms with Crippen LogP contribution in [0, 0.1) is 5.92 Å². The van der Waals surface area contributed by atoms with Crippen molar-refractivity contribution in [2.45, 2.75) is 58.2 Å². The molecule has 1 saturated carbocycles. The molecule has 4 rings (SSSR count). The Balaban J connectivity index is 1.63. The van der Waals surface area contributed by atoms with Crippen molar-refractivity contribution < 1.29 is 33.3 Å². The minimum atomic E-state index is -0.850. The van der Waals surface area contributed by atoms with Gasteiger partial charge in [0, 0.05) is 11.1 Å². The van der Waals surface area contributed by atoms with Gasteiger partial charge in [0.05, 0.1) is 25.7 Å². The molecule has 0 saturated heterocycles. The lowest BCUT2D eigenvalue weighted by atomic mass is 9.89. The maximum atomic E-state index is 12.7. The van der Waals surface area contributed by atoms with E-state index in [-0.39, 0.29) is 31.1 Å². The van der Waals surface area contributed by atoms with E-state index in [2.05, 4.69) is 0 Å². The first kappa shape index (κ1) is 23.9. The first-order chi connectivity index (χ1) is 16.3. The Morgan fingerprint density at radius 3 is 2.41 bits per heavy atom. The Kier molecular flexibility index (Phi) is 7.00. The summed E-state index contributed by atoms with van der Waals surface area (Å²) in [7, 11) is 3.11. The van der Waals surface area contributed by atoms with Crippen LogP contribution in [0.15, 0.2) is 30.3 Å². The molecule has 0 N–H and O–H groups in total. The van der Waals surface area contributed by atoms with Crippen molar-refractivity contribution in [3.05, 3.63) is 41.5 Å². The quantitative estimate of drug-likeness (QED) is 0.485. The van der Waals surface area contributed by atoms with Gasteiger partial charge < -0.3 is 23.7 Å². The van der Waals surface area contributed by atoms with Crippen LogP contribution in [-0.4, -0.2) is 38.4 Å². The summed E-state index contributed by atoms with van der Waals surface area (Å²) in [5.74, 6) is 0.851. The number of carbonyl (C=O) groups is 2. The average molecular weight is 469 g/mol. The van der Waals surface area contributed by atoms with Crippen molar-refractivity contribution in [3.8, 4) is 28.4 Å². The van der Waals surface area contributed by atoms with Crippen molar-refractivity contribution in [3.63, 3.8) is 0 Å². The second kappa shape index (κ2) is 9.95. The fourth-order valence-corrected chi connectivity index (χ4v) is 4.62. The van der Waals surface area contributed by atoms with E-state index in [1.165, 1.54) is 6.42 Å². The molecule has 34 heavy (non-hydrogen) atoms. The van der Waals surface area contributed by atoms with E-state index in [1.54, 1.807) is 26.4 Å². The van der Waals surface area contributed by atoms with Crippen LogP contribution in [0.2, 0.25) is 0 Å². The van der Waals surface area contributed by atoms with Gasteiger partial charge in [-0.1, -0.05) is 31.4 Å². The number of esters is 2. The highest BCUT2D eigenvalue weighted by molar-refractivity contribution is 5.96. The molecule has 1 aliphatic carbocycles. The number of carbonyl (C=O) groups excluding carboxylic acids is 2. The van der Waals surface area contributed by atoms with E-state index >= 15 is 0 Å². The smallest absolute Gasteiger partial charge is 0.338 e. The fourth-order valence-electron chi connectivity index (χ4n) is 4.62. The number of methoxy groups -OCH3 is 2. The predicted molar refractivity (Wildman–Crippen MR) is 126 cm³/mol. The van der Waals surface area contributed by atoms with Gasteiger partial charge in [-0.25, -0.2) is 4.79 Å². The summed E-state index contributed by atoms with van der Waals surface area (Å²) in [5.41, 5.74) is 2.04. The Morgan fingerprint density at radius 2 is 1.71 bits per heavy atom. The molecule has 2 aromatic rings. The van der Waals surface area contributed by atoms with Gasteiger partial charge >= 0.3 is 11.9 Å². The Labute approximate surface area is 200 Å². The lowest BCUT2D eigenvalue weighted by Crippen LogP contribution is -2.37. The highest BCUT2D eigenvalue weighted by Crippen LogP contribution is 2.46. The largest absolute Gasteiger partial charge is 0.493 e. The number of benzene rings is 2. The maximum absolute atomic E-state index is 12.7. The summed E-state index contributed by atoms with van der Waals surface area (Å²) in [6.45, 7) is 3.99. The lowest BCUT2D eigenvalue weighted by Gasteiger charge is -2.29. The SMILES string of the molecule is COc1ccc(-c2cccc3c2COC3=O)c(OCC(C)(C)OC(=O)C2CCCCC2)c1OC. The van der Waals surface area contributed by atoms with Crippen LogP contribution in [0.1, 0.15) is 61.9 Å². The normalized spacial score (nSPS) is 15.9. The second-order valence-corrected chi connectivity index (χ2v) is 9.39. The van der Waals surface area contributed by atoms with Crippen molar-refractivity contribution >= 4 is 11.9 Å². The van der Waals surface area contributed by atoms with Crippen LogP contribution >= 0.6 is 0 Å². The van der Waals surface area contributed by atoms with E-state index in [0.717, 1.165) is 42.4 Å². The molecular weight excluding hydrogens is 436 g/mol. The molecule has 0 radical (unpaired) electrons. The molecule has 0 unspecified atom stereocenters. The zero-order valence-corrected chi connectivity index (χ0v) is 20.3. The molecule has 7 heteroatoms. The summed E-state index contributed by atoms with van der Waals surface area (Å²) < 4.78 is 28.5. The number of rotatable bonds is 8. The highest BCUT2D eigenvalue weighted by atomic mass is 16.6. The number of ether oxygens (including phenoxy) is 5. The zero-order chi connectivity index (χ0) is 24.3. The minimum absolute atomic E-state index is 0.0422. The minimum Gasteiger partial charge on any atom is -0.493 e. The van der Waals surface area contributed by atoms with Crippen molar-refractivity contribution in [1.82, 2.24) is 0 Å². The molecular formula is C27H32O7. The van der Waals surface area contributed by atoms with Crippen LogP contribution < -0.4 is 14.2 Å². The third-order valence-electron chi connectivity index (χ3n) is 6.41. The molecule has 2 aliphatic rings. The van der Waals surface area contributed by atoms with Gasteiger partial charge in [-0.3, -0.25) is 4.79 Å². The molecule has 1 heterocycles. The topological polar surface area (TPSA) is 80.3 Å². The summed E-state index contributed by atoms with van der Waals surface area (Å²) in [6, 6.07) is 9.16. The molecule has 0 bridgehead atoms. The standard InChI is InChI=1S/C27H32O7/c1-27(2,34-25(28)17-9-6-5-7-10-17)16-33-23-19(13-14-22(30-3)24(23)31-4)18-11-8-12-20-21(18)15-32-26(20)29/h8,11-14,17H,5-7,9-10,15-16H2,1-4H3. The van der Waals surface area contributed by atoms with E-state index in [1.807, 2.05) is 32.0 Å². The van der Waals surface area contributed by atoms with Gasteiger partial charge in [-0.15, -0.1) is 0 Å². The van der Waals surface area contributed by atoms with Gasteiger partial charge in [0.15, 0.2) is 11.5 Å². The fraction of sp³-hybridized carbons (Fsp3) is 0.481. The van der Waals surface area contributed by atoms with Crippen LogP contribution in [0.5, 0.6) is 17.2 Å². The molecule has 7 nitrogen and oxygen atoms in total. The summed E-state index contributed by atoms with van der Waals surface area (Å²) in [4.78, 5) is 24.8. The molecule has 0 spiro atoms. The predicted octanol–water partition coefficient (Wildman–Crippen LogP) is 5.32. The van der Waals surface area contributed by atoms with Crippen LogP contribution in [0.4, 0.5) is 0 Å².